The van der Waals surface area contributed by atoms with Crippen molar-refractivity contribution in [3.05, 3.63) is 77.5 Å². The molecule has 1 amide bonds. The second-order valence-electron chi connectivity index (χ2n) is 7.31. The number of para-hydroxylation sites is 1. The second kappa shape index (κ2) is 9.32. The van der Waals surface area contributed by atoms with Crippen LogP contribution in [0.4, 0.5) is 0 Å². The van der Waals surface area contributed by atoms with E-state index in [1.807, 2.05) is 56.3 Å². The first-order valence-electron chi connectivity index (χ1n) is 9.85. The molecule has 0 radical (unpaired) electrons. The maximum absolute atomic E-state index is 12.7. The standard InChI is InChI=1S/C24H26N2O3/c1-16(13-14-19-9-5-4-6-10-19)26-23(27)18(3)29-24(28)21-15-17(2)25-22-12-8-7-11-20(21)22/h4-12,15-16,18H,13-14H2,1-3H3,(H,26,27)/t16-,18+/m1/s1. The molecule has 0 saturated heterocycles. The topological polar surface area (TPSA) is 68.3 Å². The van der Waals surface area contributed by atoms with Crippen molar-refractivity contribution in [3.63, 3.8) is 0 Å². The molecule has 150 valence electrons. The molecule has 5 nitrogen and oxygen atoms in total. The molecule has 0 saturated carbocycles. The first kappa shape index (κ1) is 20.5. The number of hydrogen-bond donors (Lipinski definition) is 1. The normalized spacial score (nSPS) is 12.9. The van der Waals surface area contributed by atoms with Crippen LogP contribution < -0.4 is 5.32 Å². The number of nitrogens with one attached hydrogen (secondary N) is 1. The van der Waals surface area contributed by atoms with Crippen molar-refractivity contribution in [1.29, 1.82) is 0 Å². The molecule has 0 aliphatic rings. The number of carbonyl (C=O) groups excluding carboxylic acids is 2. The van der Waals surface area contributed by atoms with E-state index in [0.29, 0.717) is 10.9 Å². The molecule has 0 bridgehead atoms. The third-order valence-corrected chi connectivity index (χ3v) is 4.81. The molecule has 0 unspecified atom stereocenters. The molecule has 5 heteroatoms. The number of aromatic nitrogens is 1. The number of pyridine rings is 1. The molecule has 0 aliphatic carbocycles. The number of carbonyl (C=O) groups is 2. The SMILES string of the molecule is Cc1cc(C(=O)O[C@@H](C)C(=O)N[C@H](C)CCc2ccccc2)c2ccccc2n1. The van der Waals surface area contributed by atoms with Gasteiger partial charge in [0.2, 0.25) is 0 Å². The lowest BCUT2D eigenvalue weighted by atomic mass is 10.1. The van der Waals surface area contributed by atoms with Gasteiger partial charge >= 0.3 is 5.97 Å². The maximum Gasteiger partial charge on any atom is 0.339 e. The van der Waals surface area contributed by atoms with Crippen LogP contribution >= 0.6 is 0 Å². The van der Waals surface area contributed by atoms with E-state index in [0.717, 1.165) is 24.1 Å². The summed E-state index contributed by atoms with van der Waals surface area (Å²) in [7, 11) is 0. The molecule has 2 atom stereocenters. The summed E-state index contributed by atoms with van der Waals surface area (Å²) in [6.45, 7) is 5.37. The van der Waals surface area contributed by atoms with Crippen LogP contribution in [0.25, 0.3) is 10.9 Å². The Bertz CT molecular complexity index is 1000. The summed E-state index contributed by atoms with van der Waals surface area (Å²) >= 11 is 0. The summed E-state index contributed by atoms with van der Waals surface area (Å²) in [6, 6.07) is 19.2. The zero-order valence-corrected chi connectivity index (χ0v) is 17.0. The number of fused-ring (bicyclic) bond motifs is 1. The van der Waals surface area contributed by atoms with E-state index < -0.39 is 12.1 Å². The number of nitrogens with zero attached hydrogens (tertiary/aromatic N) is 1. The number of amides is 1. The minimum Gasteiger partial charge on any atom is -0.449 e. The van der Waals surface area contributed by atoms with Crippen LogP contribution in [0.1, 0.15) is 41.9 Å². The zero-order chi connectivity index (χ0) is 20.8. The molecule has 1 N–H and O–H groups in total. The second-order valence-corrected chi connectivity index (χ2v) is 7.31. The molecule has 29 heavy (non-hydrogen) atoms. The highest BCUT2D eigenvalue weighted by Gasteiger charge is 2.22. The summed E-state index contributed by atoms with van der Waals surface area (Å²) in [4.78, 5) is 29.6. The van der Waals surface area contributed by atoms with E-state index in [9.17, 15) is 9.59 Å². The number of ether oxygens (including phenoxy) is 1. The highest BCUT2D eigenvalue weighted by Crippen LogP contribution is 2.19. The molecule has 3 rings (SSSR count). The Hall–Kier alpha value is -3.21. The molecule has 0 spiro atoms. The Labute approximate surface area is 171 Å². The first-order valence-corrected chi connectivity index (χ1v) is 9.85. The number of hydrogen-bond acceptors (Lipinski definition) is 4. The lowest BCUT2D eigenvalue weighted by Gasteiger charge is -2.18. The van der Waals surface area contributed by atoms with Crippen molar-refractivity contribution < 1.29 is 14.3 Å². The van der Waals surface area contributed by atoms with Gasteiger partial charge in [0, 0.05) is 17.1 Å². The Kier molecular flexibility index (Phi) is 6.60. The van der Waals surface area contributed by atoms with E-state index in [1.54, 1.807) is 13.0 Å². The van der Waals surface area contributed by atoms with Gasteiger partial charge in [-0.05, 0) is 51.3 Å². The van der Waals surface area contributed by atoms with Crippen molar-refractivity contribution in [2.24, 2.45) is 0 Å². The van der Waals surface area contributed by atoms with Gasteiger partial charge in [0.1, 0.15) is 0 Å². The van der Waals surface area contributed by atoms with Gasteiger partial charge in [-0.25, -0.2) is 4.79 Å². The Morgan fingerprint density at radius 2 is 1.72 bits per heavy atom. The summed E-state index contributed by atoms with van der Waals surface area (Å²) in [5, 5.41) is 3.64. The molecular weight excluding hydrogens is 364 g/mol. The van der Waals surface area contributed by atoms with Crippen LogP contribution in [0.15, 0.2) is 60.7 Å². The number of aryl methyl sites for hydroxylation is 2. The minimum atomic E-state index is -0.881. The Morgan fingerprint density at radius 1 is 1.03 bits per heavy atom. The first-order chi connectivity index (χ1) is 13.9. The predicted octanol–water partition coefficient (Wildman–Crippen LogP) is 4.23. The summed E-state index contributed by atoms with van der Waals surface area (Å²) in [6.07, 6.45) is 0.803. The van der Waals surface area contributed by atoms with Crippen LogP contribution in [0.3, 0.4) is 0 Å². The average molecular weight is 390 g/mol. The van der Waals surface area contributed by atoms with E-state index in [4.69, 9.17) is 4.74 Å². The van der Waals surface area contributed by atoms with Crippen LogP contribution in [0, 0.1) is 6.92 Å². The maximum atomic E-state index is 12.7. The summed E-state index contributed by atoms with van der Waals surface area (Å²) < 4.78 is 5.45. The van der Waals surface area contributed by atoms with Gasteiger partial charge in [0.25, 0.3) is 5.91 Å². The molecule has 0 aliphatic heterocycles. The molecule has 2 aromatic carbocycles. The highest BCUT2D eigenvalue weighted by atomic mass is 16.5. The monoisotopic (exact) mass is 390 g/mol. The molecule has 1 aromatic heterocycles. The fourth-order valence-electron chi connectivity index (χ4n) is 3.21. The van der Waals surface area contributed by atoms with Crippen molar-refractivity contribution in [2.75, 3.05) is 0 Å². The Balaban J connectivity index is 1.59. The average Bonchev–Trinajstić information content (AvgIpc) is 2.72. The lowest BCUT2D eigenvalue weighted by molar-refractivity contribution is -0.129. The third kappa shape index (κ3) is 5.41. The van der Waals surface area contributed by atoms with Crippen molar-refractivity contribution >= 4 is 22.8 Å². The van der Waals surface area contributed by atoms with E-state index >= 15 is 0 Å². The van der Waals surface area contributed by atoms with Crippen molar-refractivity contribution in [2.45, 2.75) is 45.8 Å². The van der Waals surface area contributed by atoms with Crippen LogP contribution in [0.2, 0.25) is 0 Å². The number of rotatable bonds is 7. The van der Waals surface area contributed by atoms with Crippen LogP contribution in [0.5, 0.6) is 0 Å². The fraction of sp³-hybridized carbons (Fsp3) is 0.292. The van der Waals surface area contributed by atoms with Crippen LogP contribution in [-0.2, 0) is 16.0 Å². The fourth-order valence-corrected chi connectivity index (χ4v) is 3.21. The molecular formula is C24H26N2O3. The number of esters is 1. The predicted molar refractivity (Wildman–Crippen MR) is 114 cm³/mol. The summed E-state index contributed by atoms with van der Waals surface area (Å²) in [5.41, 5.74) is 3.10. The van der Waals surface area contributed by atoms with Gasteiger partial charge in [-0.2, -0.15) is 0 Å². The molecule has 0 fully saturated rings. The van der Waals surface area contributed by atoms with Gasteiger partial charge in [-0.15, -0.1) is 0 Å². The minimum absolute atomic E-state index is 0.0205. The third-order valence-electron chi connectivity index (χ3n) is 4.81. The van der Waals surface area contributed by atoms with E-state index in [2.05, 4.69) is 22.4 Å². The molecule has 3 aromatic rings. The summed E-state index contributed by atoms with van der Waals surface area (Å²) in [5.74, 6) is -0.819. The van der Waals surface area contributed by atoms with Gasteiger partial charge < -0.3 is 10.1 Å². The van der Waals surface area contributed by atoms with Crippen molar-refractivity contribution in [1.82, 2.24) is 10.3 Å². The largest absolute Gasteiger partial charge is 0.449 e. The van der Waals surface area contributed by atoms with E-state index in [-0.39, 0.29) is 11.9 Å². The van der Waals surface area contributed by atoms with Gasteiger partial charge in [-0.3, -0.25) is 9.78 Å². The smallest absolute Gasteiger partial charge is 0.339 e. The number of benzene rings is 2. The lowest BCUT2D eigenvalue weighted by Crippen LogP contribution is -2.41. The van der Waals surface area contributed by atoms with E-state index in [1.165, 1.54) is 5.56 Å². The quantitative estimate of drug-likeness (QED) is 0.613. The molecule has 1 heterocycles. The Morgan fingerprint density at radius 3 is 2.48 bits per heavy atom. The van der Waals surface area contributed by atoms with Crippen molar-refractivity contribution in [3.8, 4) is 0 Å². The highest BCUT2D eigenvalue weighted by molar-refractivity contribution is 6.04. The van der Waals surface area contributed by atoms with Gasteiger partial charge in [0.15, 0.2) is 6.10 Å². The van der Waals surface area contributed by atoms with Gasteiger partial charge in [-0.1, -0.05) is 48.5 Å². The zero-order valence-electron chi connectivity index (χ0n) is 17.0. The van der Waals surface area contributed by atoms with Gasteiger partial charge in [0.05, 0.1) is 11.1 Å². The van der Waals surface area contributed by atoms with Crippen LogP contribution in [-0.4, -0.2) is 29.0 Å².